The van der Waals surface area contributed by atoms with E-state index in [2.05, 4.69) is 30.8 Å². The molecule has 4 rings (SSSR count). The quantitative estimate of drug-likeness (QED) is 0.374. The van der Waals surface area contributed by atoms with E-state index in [0.29, 0.717) is 33.0 Å². The number of carboxylic acids is 1. The highest BCUT2D eigenvalue weighted by atomic mass is 32.1. The number of para-hydroxylation sites is 1. The number of carboxylic acid groups (broad SMARTS) is 1. The Labute approximate surface area is 166 Å². The first-order valence-electron chi connectivity index (χ1n) is 8.10. The number of fused-ring (bicyclic) bond motifs is 1. The van der Waals surface area contributed by atoms with Gasteiger partial charge in [-0.1, -0.05) is 23.5 Å². The predicted octanol–water partition coefficient (Wildman–Crippen LogP) is 3.53. The molecular weight excluding hydrogens is 400 g/mol. The molecule has 0 saturated heterocycles. The lowest BCUT2D eigenvalue weighted by molar-refractivity contribution is 0.0691. The molecule has 0 aliphatic heterocycles. The fraction of sp³-hybridized carbons (Fsp3) is 0.118. The summed E-state index contributed by atoms with van der Waals surface area (Å²) >= 11 is 2.63. The van der Waals surface area contributed by atoms with Gasteiger partial charge in [0.05, 0.1) is 16.8 Å². The standard InChI is InChI=1S/C17H14N6O3S2/c1-8-9(6-24)14(21-17-18-10-4-2-3-5-12(10)28-17)23-22-13(8)20-16-19-11(7-27-16)15(25)26/h2-5,7,24H,6H2,1H3,(H,25,26)(H,18,21,23)(H,19,20,22). The van der Waals surface area contributed by atoms with E-state index in [1.54, 1.807) is 6.92 Å². The third-order valence-electron chi connectivity index (χ3n) is 3.97. The summed E-state index contributed by atoms with van der Waals surface area (Å²) in [5.41, 5.74) is 2.07. The lowest BCUT2D eigenvalue weighted by Crippen LogP contribution is -2.07. The lowest BCUT2D eigenvalue weighted by atomic mass is 10.1. The Morgan fingerprint density at radius 1 is 1.11 bits per heavy atom. The third kappa shape index (κ3) is 3.50. The molecule has 0 atom stereocenters. The number of hydrogen-bond donors (Lipinski definition) is 4. The Bertz CT molecular complexity index is 1140. The fourth-order valence-corrected chi connectivity index (χ4v) is 4.07. The van der Waals surface area contributed by atoms with Crippen LogP contribution in [0.1, 0.15) is 21.6 Å². The molecule has 3 aromatic heterocycles. The Morgan fingerprint density at radius 2 is 1.86 bits per heavy atom. The number of aliphatic hydroxyl groups is 1. The molecule has 0 unspecified atom stereocenters. The first-order chi connectivity index (χ1) is 13.5. The van der Waals surface area contributed by atoms with Gasteiger partial charge in [-0.3, -0.25) is 0 Å². The van der Waals surface area contributed by atoms with E-state index in [1.807, 2.05) is 24.3 Å². The van der Waals surface area contributed by atoms with Gasteiger partial charge in [0.2, 0.25) is 0 Å². The van der Waals surface area contributed by atoms with Crippen LogP contribution in [0.2, 0.25) is 0 Å². The van der Waals surface area contributed by atoms with Crippen LogP contribution in [0.3, 0.4) is 0 Å². The smallest absolute Gasteiger partial charge is 0.355 e. The number of nitrogens with one attached hydrogen (secondary N) is 2. The van der Waals surface area contributed by atoms with Crippen molar-refractivity contribution in [1.29, 1.82) is 0 Å². The van der Waals surface area contributed by atoms with Gasteiger partial charge in [-0.25, -0.2) is 14.8 Å². The number of aliphatic hydroxyl groups excluding tert-OH is 1. The highest BCUT2D eigenvalue weighted by molar-refractivity contribution is 7.22. The molecule has 0 bridgehead atoms. The monoisotopic (exact) mass is 414 g/mol. The molecule has 0 aliphatic carbocycles. The molecule has 0 radical (unpaired) electrons. The molecule has 9 nitrogen and oxygen atoms in total. The van der Waals surface area contributed by atoms with Crippen molar-refractivity contribution >= 4 is 60.8 Å². The van der Waals surface area contributed by atoms with Crippen molar-refractivity contribution in [3.63, 3.8) is 0 Å². The molecule has 0 spiro atoms. The second-order valence-electron chi connectivity index (χ2n) is 5.74. The number of aromatic carboxylic acids is 1. The summed E-state index contributed by atoms with van der Waals surface area (Å²) in [5.74, 6) is -0.293. The summed E-state index contributed by atoms with van der Waals surface area (Å²) in [7, 11) is 0. The van der Waals surface area contributed by atoms with E-state index >= 15 is 0 Å². The zero-order valence-corrected chi connectivity index (χ0v) is 16.1. The zero-order valence-electron chi connectivity index (χ0n) is 14.5. The topological polar surface area (TPSA) is 133 Å². The van der Waals surface area contributed by atoms with Crippen LogP contribution >= 0.6 is 22.7 Å². The van der Waals surface area contributed by atoms with Gasteiger partial charge >= 0.3 is 5.97 Å². The molecule has 1 aromatic carbocycles. The van der Waals surface area contributed by atoms with Crippen molar-refractivity contribution < 1.29 is 15.0 Å². The zero-order chi connectivity index (χ0) is 19.7. The van der Waals surface area contributed by atoms with E-state index in [9.17, 15) is 9.90 Å². The Balaban J connectivity index is 1.62. The van der Waals surface area contributed by atoms with Gasteiger partial charge in [0.1, 0.15) is 0 Å². The van der Waals surface area contributed by atoms with E-state index in [-0.39, 0.29) is 12.3 Å². The average molecular weight is 414 g/mol. The maximum atomic E-state index is 11.0. The highest BCUT2D eigenvalue weighted by Gasteiger charge is 2.16. The highest BCUT2D eigenvalue weighted by Crippen LogP contribution is 2.31. The largest absolute Gasteiger partial charge is 0.476 e. The molecule has 4 aromatic rings. The Kier molecular flexibility index (Phi) is 4.86. The summed E-state index contributed by atoms with van der Waals surface area (Å²) < 4.78 is 1.04. The number of nitrogens with zero attached hydrogens (tertiary/aromatic N) is 4. The van der Waals surface area contributed by atoms with Crippen LogP contribution in [-0.2, 0) is 6.61 Å². The maximum Gasteiger partial charge on any atom is 0.355 e. The van der Waals surface area contributed by atoms with E-state index in [4.69, 9.17) is 5.11 Å². The molecule has 4 N–H and O–H groups in total. The van der Waals surface area contributed by atoms with Gasteiger partial charge < -0.3 is 20.8 Å². The minimum Gasteiger partial charge on any atom is -0.476 e. The molecule has 142 valence electrons. The van der Waals surface area contributed by atoms with E-state index < -0.39 is 5.97 Å². The molecule has 11 heteroatoms. The maximum absolute atomic E-state index is 11.0. The lowest BCUT2D eigenvalue weighted by Gasteiger charge is -2.12. The van der Waals surface area contributed by atoms with Gasteiger partial charge in [-0.05, 0) is 19.1 Å². The van der Waals surface area contributed by atoms with E-state index in [0.717, 1.165) is 21.6 Å². The molecule has 3 heterocycles. The van der Waals surface area contributed by atoms with Crippen molar-refractivity contribution in [1.82, 2.24) is 20.2 Å². The minimum absolute atomic E-state index is 0.0467. The number of aromatic nitrogens is 4. The molecular formula is C17H14N6O3S2. The minimum atomic E-state index is -1.10. The van der Waals surface area contributed by atoms with Gasteiger partial charge in [0.25, 0.3) is 0 Å². The van der Waals surface area contributed by atoms with Crippen LogP contribution in [0.25, 0.3) is 10.2 Å². The van der Waals surface area contributed by atoms with Crippen molar-refractivity contribution in [2.75, 3.05) is 10.6 Å². The molecule has 0 fully saturated rings. The van der Waals surface area contributed by atoms with Crippen LogP contribution in [0.5, 0.6) is 0 Å². The third-order valence-corrected chi connectivity index (χ3v) is 5.68. The second kappa shape index (κ2) is 7.46. The molecule has 0 amide bonds. The Hall–Kier alpha value is -3.15. The summed E-state index contributed by atoms with van der Waals surface area (Å²) in [6.07, 6.45) is 0. The van der Waals surface area contributed by atoms with Gasteiger partial charge in [-0.2, -0.15) is 0 Å². The van der Waals surface area contributed by atoms with Crippen LogP contribution in [0, 0.1) is 6.92 Å². The Morgan fingerprint density at radius 3 is 2.57 bits per heavy atom. The fourth-order valence-electron chi connectivity index (χ4n) is 2.53. The first kappa shape index (κ1) is 18.2. The SMILES string of the molecule is Cc1c(Nc2nc(C(=O)O)cs2)nnc(Nc2nc3ccccc3s2)c1CO. The second-order valence-corrected chi connectivity index (χ2v) is 7.63. The van der Waals surface area contributed by atoms with Crippen molar-refractivity contribution in [2.45, 2.75) is 13.5 Å². The van der Waals surface area contributed by atoms with Crippen LogP contribution in [0.4, 0.5) is 21.9 Å². The summed E-state index contributed by atoms with van der Waals surface area (Å²) in [4.78, 5) is 19.4. The van der Waals surface area contributed by atoms with Crippen molar-refractivity contribution in [3.8, 4) is 0 Å². The van der Waals surface area contributed by atoms with Gasteiger partial charge in [0.15, 0.2) is 27.6 Å². The summed E-state index contributed by atoms with van der Waals surface area (Å²) in [6, 6.07) is 7.77. The molecule has 0 aliphatic rings. The number of hydrogen-bond acceptors (Lipinski definition) is 10. The van der Waals surface area contributed by atoms with Crippen molar-refractivity contribution in [3.05, 3.63) is 46.5 Å². The summed E-state index contributed by atoms with van der Waals surface area (Å²) in [6.45, 7) is 1.54. The average Bonchev–Trinajstić information content (AvgIpc) is 3.30. The van der Waals surface area contributed by atoms with Gasteiger partial charge in [-0.15, -0.1) is 21.5 Å². The molecule has 28 heavy (non-hydrogen) atoms. The number of carbonyl (C=O) groups is 1. The van der Waals surface area contributed by atoms with E-state index in [1.165, 1.54) is 16.7 Å². The first-order valence-corrected chi connectivity index (χ1v) is 9.80. The predicted molar refractivity (Wildman–Crippen MR) is 108 cm³/mol. The number of rotatable bonds is 6. The number of benzene rings is 1. The summed E-state index contributed by atoms with van der Waals surface area (Å²) in [5, 5.41) is 35.7. The number of thiazole rings is 2. The number of anilines is 4. The van der Waals surface area contributed by atoms with Crippen molar-refractivity contribution in [2.24, 2.45) is 0 Å². The molecule has 0 saturated carbocycles. The van der Waals surface area contributed by atoms with Crippen LogP contribution in [-0.4, -0.2) is 36.3 Å². The van der Waals surface area contributed by atoms with Gasteiger partial charge in [0, 0.05) is 16.5 Å². The van der Waals surface area contributed by atoms with Crippen LogP contribution < -0.4 is 10.6 Å². The van der Waals surface area contributed by atoms with Crippen LogP contribution in [0.15, 0.2) is 29.6 Å². The normalized spacial score (nSPS) is 10.9.